The molecule has 1 aliphatic rings. The topological polar surface area (TPSA) is 99.7 Å². The average Bonchev–Trinajstić information content (AvgIpc) is 3.55. The smallest absolute Gasteiger partial charge is 0.415 e. The number of benzene rings is 1. The van der Waals surface area contributed by atoms with Crippen molar-refractivity contribution in [3.63, 3.8) is 0 Å². The summed E-state index contributed by atoms with van der Waals surface area (Å²) in [6, 6.07) is 7.58. The predicted molar refractivity (Wildman–Crippen MR) is 130 cm³/mol. The number of fused-ring (bicyclic) bond motifs is 1. The van der Waals surface area contributed by atoms with Crippen LogP contribution in [0.5, 0.6) is 0 Å². The lowest BCUT2D eigenvalue weighted by Gasteiger charge is -2.15. The van der Waals surface area contributed by atoms with Gasteiger partial charge in [-0.15, -0.1) is 5.10 Å². The minimum Gasteiger partial charge on any atom is -0.447 e. The van der Waals surface area contributed by atoms with Crippen LogP contribution in [0.2, 0.25) is 25.7 Å². The van der Waals surface area contributed by atoms with Gasteiger partial charge >= 0.3 is 6.09 Å². The first-order valence-corrected chi connectivity index (χ1v) is 15.1. The molecular weight excluding hydrogens is 469 g/mol. The normalized spacial score (nSPS) is 14.2. The van der Waals surface area contributed by atoms with Crippen molar-refractivity contribution in [1.82, 2.24) is 29.4 Å². The summed E-state index contributed by atoms with van der Waals surface area (Å²) in [5, 5.41) is 8.66. The third-order valence-corrected chi connectivity index (χ3v) is 7.37. The summed E-state index contributed by atoms with van der Waals surface area (Å²) in [6.07, 6.45) is 4.43. The van der Waals surface area contributed by atoms with Crippen LogP contribution in [-0.2, 0) is 16.2 Å². The Hall–Kier alpha value is -3.64. The number of rotatable bonds is 8. The molecule has 0 saturated carbocycles. The zero-order valence-corrected chi connectivity index (χ0v) is 20.8. The summed E-state index contributed by atoms with van der Waals surface area (Å²) in [6.45, 7) is 8.57. The summed E-state index contributed by atoms with van der Waals surface area (Å²) in [4.78, 5) is 22.2. The molecule has 0 atom stereocenters. The first kappa shape index (κ1) is 23.1. The van der Waals surface area contributed by atoms with Crippen LogP contribution in [0, 0.1) is 5.82 Å². The van der Waals surface area contributed by atoms with Crippen LogP contribution in [0.3, 0.4) is 0 Å². The first-order chi connectivity index (χ1) is 16.8. The van der Waals surface area contributed by atoms with Crippen LogP contribution in [0.15, 0.2) is 43.0 Å². The average molecular weight is 496 g/mol. The summed E-state index contributed by atoms with van der Waals surface area (Å²) in [7, 11) is -1.16. The number of cyclic esters (lactones) is 1. The number of halogens is 1. The van der Waals surface area contributed by atoms with Crippen LogP contribution in [0.1, 0.15) is 0 Å². The van der Waals surface area contributed by atoms with E-state index < -0.39 is 20.0 Å². The maximum atomic E-state index is 15.1. The predicted octanol–water partition coefficient (Wildman–Crippen LogP) is 4.06. The number of nitrogens with zero attached hydrogens (tertiary/aromatic N) is 7. The Morgan fingerprint density at radius 2 is 2.06 bits per heavy atom. The summed E-state index contributed by atoms with van der Waals surface area (Å²) < 4.78 is 28.9. The zero-order valence-electron chi connectivity index (χ0n) is 19.8. The van der Waals surface area contributed by atoms with Crippen LogP contribution in [0.25, 0.3) is 28.2 Å². The molecule has 0 spiro atoms. The van der Waals surface area contributed by atoms with Crippen LogP contribution < -0.4 is 4.90 Å². The molecule has 10 nitrogen and oxygen atoms in total. The molecule has 1 aromatic carbocycles. The molecule has 4 aromatic rings. The maximum absolute atomic E-state index is 15.1. The third kappa shape index (κ3) is 4.93. The number of anilines is 1. The first-order valence-electron chi connectivity index (χ1n) is 11.3. The van der Waals surface area contributed by atoms with Gasteiger partial charge in [-0.3, -0.25) is 4.90 Å². The van der Waals surface area contributed by atoms with Crippen molar-refractivity contribution in [1.29, 1.82) is 0 Å². The van der Waals surface area contributed by atoms with Gasteiger partial charge in [-0.25, -0.2) is 28.4 Å². The number of hydrogen-bond acceptors (Lipinski definition) is 7. The molecule has 0 unspecified atom stereocenters. The number of ether oxygens (including phenoxy) is 2. The highest BCUT2D eigenvalue weighted by Gasteiger charge is 2.25. The molecule has 5 rings (SSSR count). The minimum atomic E-state index is -1.16. The third-order valence-electron chi connectivity index (χ3n) is 5.67. The number of amides is 1. The van der Waals surface area contributed by atoms with E-state index in [2.05, 4.69) is 39.8 Å². The van der Waals surface area contributed by atoms with E-state index in [1.54, 1.807) is 39.8 Å². The standard InChI is InChI=1S/C23H26FN7O3Si/c1-35(2,3)11-10-33-15-29-14-25-21(28-29)17-5-4-16(12-19(17)24)18-13-26-31-7-6-20(27-22(18)31)30-8-9-34-23(30)32/h4-7,12-14H,8-11,15H2,1-3H3. The van der Waals surface area contributed by atoms with Crippen molar-refractivity contribution in [3.8, 4) is 22.5 Å². The molecule has 35 heavy (non-hydrogen) atoms. The van der Waals surface area contributed by atoms with Crippen molar-refractivity contribution in [3.05, 3.63) is 48.8 Å². The van der Waals surface area contributed by atoms with Gasteiger partial charge in [0.25, 0.3) is 0 Å². The Morgan fingerprint density at radius 3 is 2.80 bits per heavy atom. The fourth-order valence-electron chi connectivity index (χ4n) is 3.70. The van der Waals surface area contributed by atoms with Crippen LogP contribution in [0.4, 0.5) is 15.0 Å². The molecule has 3 aromatic heterocycles. The lowest BCUT2D eigenvalue weighted by atomic mass is 10.1. The molecule has 12 heteroatoms. The van der Waals surface area contributed by atoms with Gasteiger partial charge in [0.1, 0.15) is 31.3 Å². The van der Waals surface area contributed by atoms with Crippen LogP contribution in [-0.4, -0.2) is 63.3 Å². The monoisotopic (exact) mass is 495 g/mol. The summed E-state index contributed by atoms with van der Waals surface area (Å²) in [5.41, 5.74) is 2.04. The molecule has 1 fully saturated rings. The summed E-state index contributed by atoms with van der Waals surface area (Å²) >= 11 is 0. The Balaban J connectivity index is 1.35. The lowest BCUT2D eigenvalue weighted by Crippen LogP contribution is -2.24. The largest absolute Gasteiger partial charge is 0.447 e. The quantitative estimate of drug-likeness (QED) is 0.268. The van der Waals surface area contributed by atoms with Gasteiger partial charge < -0.3 is 9.47 Å². The highest BCUT2D eigenvalue weighted by atomic mass is 28.3. The van der Waals surface area contributed by atoms with Crippen molar-refractivity contribution >= 4 is 25.6 Å². The van der Waals surface area contributed by atoms with Gasteiger partial charge in [-0.05, 0) is 29.8 Å². The second-order valence-corrected chi connectivity index (χ2v) is 15.1. The number of carbonyl (C=O) groups is 1. The highest BCUT2D eigenvalue weighted by Crippen LogP contribution is 2.29. The van der Waals surface area contributed by atoms with E-state index >= 15 is 4.39 Å². The van der Waals surface area contributed by atoms with Gasteiger partial charge in [0.15, 0.2) is 11.5 Å². The molecule has 0 aliphatic carbocycles. The fourth-order valence-corrected chi connectivity index (χ4v) is 4.45. The second kappa shape index (κ2) is 9.19. The lowest BCUT2D eigenvalue weighted by molar-refractivity contribution is 0.0784. The maximum Gasteiger partial charge on any atom is 0.415 e. The minimum absolute atomic E-state index is 0.276. The second-order valence-electron chi connectivity index (χ2n) is 9.53. The van der Waals surface area contributed by atoms with Crippen molar-refractivity contribution < 1.29 is 18.7 Å². The van der Waals surface area contributed by atoms with Gasteiger partial charge in [-0.2, -0.15) is 5.10 Å². The molecular formula is C23H26FN7O3Si. The van der Waals surface area contributed by atoms with E-state index in [9.17, 15) is 4.79 Å². The van der Waals surface area contributed by atoms with Crippen LogP contribution >= 0.6 is 0 Å². The van der Waals surface area contributed by atoms with Gasteiger partial charge in [-0.1, -0.05) is 25.7 Å². The molecule has 0 N–H and O–H groups in total. The van der Waals surface area contributed by atoms with E-state index in [1.807, 2.05) is 0 Å². The van der Waals surface area contributed by atoms with Crippen molar-refractivity contribution in [2.75, 3.05) is 24.7 Å². The zero-order chi connectivity index (χ0) is 24.6. The highest BCUT2D eigenvalue weighted by molar-refractivity contribution is 6.76. The SMILES string of the molecule is C[Si](C)(C)CCOCn1cnc(-c2ccc(-c3cnn4ccc(N5CCOC5=O)nc34)cc2F)n1. The molecule has 4 heterocycles. The Morgan fingerprint density at radius 1 is 1.20 bits per heavy atom. The molecule has 1 saturated heterocycles. The molecule has 0 radical (unpaired) electrons. The molecule has 1 amide bonds. The summed E-state index contributed by atoms with van der Waals surface area (Å²) in [5.74, 6) is 0.287. The van der Waals surface area contributed by atoms with Gasteiger partial charge in [0, 0.05) is 26.4 Å². The van der Waals surface area contributed by atoms with E-state index in [-0.39, 0.29) is 12.6 Å². The van der Waals surface area contributed by atoms with Crippen molar-refractivity contribution in [2.24, 2.45) is 0 Å². The molecule has 0 bridgehead atoms. The fraction of sp³-hybridized carbons (Fsp3) is 0.348. The van der Waals surface area contributed by atoms with Crippen molar-refractivity contribution in [2.45, 2.75) is 32.4 Å². The Bertz CT molecular complexity index is 1380. The van der Waals surface area contributed by atoms with E-state index in [0.717, 1.165) is 6.04 Å². The molecule has 1 aliphatic heterocycles. The van der Waals surface area contributed by atoms with Gasteiger partial charge in [0.2, 0.25) is 0 Å². The van der Waals surface area contributed by atoms with E-state index in [0.29, 0.717) is 47.9 Å². The Kier molecular flexibility index (Phi) is 6.07. The van der Waals surface area contributed by atoms with Gasteiger partial charge in [0.05, 0.1) is 18.3 Å². The number of carbonyl (C=O) groups excluding carboxylic acids is 1. The Labute approximate surface area is 202 Å². The molecule has 182 valence electrons. The number of hydrogen-bond donors (Lipinski definition) is 0. The number of aromatic nitrogens is 6. The van der Waals surface area contributed by atoms with E-state index in [4.69, 9.17) is 9.47 Å². The van der Waals surface area contributed by atoms with E-state index in [1.165, 1.54) is 17.3 Å².